The Kier molecular flexibility index (Phi) is 5.83. The maximum Gasteiger partial charge on any atom is 0.258 e. The van der Waals surface area contributed by atoms with E-state index in [1.54, 1.807) is 12.1 Å². The van der Waals surface area contributed by atoms with Gasteiger partial charge in [0.1, 0.15) is 5.82 Å². The molecule has 1 aromatic heterocycles. The second-order valence-electron chi connectivity index (χ2n) is 6.66. The second-order valence-corrected chi connectivity index (χ2v) is 8.45. The lowest BCUT2D eigenvalue weighted by Gasteiger charge is -2.21. The molecule has 1 fully saturated rings. The minimum atomic E-state index is -3.70. The predicted molar refractivity (Wildman–Crippen MR) is 106 cm³/mol. The Bertz CT molecular complexity index is 1030. The molecule has 0 atom stereocenters. The Balaban J connectivity index is 0.00000210. The highest BCUT2D eigenvalue weighted by Gasteiger charge is 2.26. The molecular weight excluding hydrogens is 389 g/mol. The number of nitrogens with one attached hydrogen (secondary N) is 1. The lowest BCUT2D eigenvalue weighted by molar-refractivity contribution is 0.453. The van der Waals surface area contributed by atoms with Crippen molar-refractivity contribution >= 4 is 33.3 Å². The molecule has 8 heteroatoms. The van der Waals surface area contributed by atoms with Gasteiger partial charge < -0.3 is 5.32 Å². The van der Waals surface area contributed by atoms with Crippen LogP contribution in [0.3, 0.4) is 0 Å². The van der Waals surface area contributed by atoms with Crippen LogP contribution in [0, 0.1) is 5.82 Å². The number of halogens is 2. The van der Waals surface area contributed by atoms with Crippen molar-refractivity contribution in [1.29, 1.82) is 0 Å². The molecule has 0 saturated carbocycles. The van der Waals surface area contributed by atoms with E-state index >= 15 is 0 Å². The van der Waals surface area contributed by atoms with E-state index in [2.05, 4.69) is 10.4 Å². The molecule has 2 heterocycles. The number of rotatable bonds is 4. The lowest BCUT2D eigenvalue weighted by atomic mass is 9.92. The van der Waals surface area contributed by atoms with Gasteiger partial charge in [-0.15, -0.1) is 12.4 Å². The number of hydrogen-bond acceptors (Lipinski definition) is 4. The third-order valence-electron chi connectivity index (χ3n) is 4.82. The molecule has 2 aromatic carbocycles. The van der Waals surface area contributed by atoms with Crippen molar-refractivity contribution in [3.63, 3.8) is 0 Å². The molecule has 27 heavy (non-hydrogen) atoms. The van der Waals surface area contributed by atoms with Gasteiger partial charge in [0.05, 0.1) is 17.0 Å². The summed E-state index contributed by atoms with van der Waals surface area (Å²) in [6, 6.07) is 13.2. The molecule has 3 aromatic rings. The maximum atomic E-state index is 13.8. The van der Waals surface area contributed by atoms with E-state index in [4.69, 9.17) is 0 Å². The fourth-order valence-electron chi connectivity index (χ4n) is 3.54. The summed E-state index contributed by atoms with van der Waals surface area (Å²) in [5.41, 5.74) is 1.81. The molecular formula is C19H21ClFN3O2S. The van der Waals surface area contributed by atoms with Crippen LogP contribution >= 0.6 is 12.4 Å². The number of hydrogen-bond donors (Lipinski definition) is 1. The molecule has 1 N–H and O–H groups in total. The zero-order chi connectivity index (χ0) is 18.1. The van der Waals surface area contributed by atoms with E-state index in [9.17, 15) is 12.8 Å². The minimum absolute atomic E-state index is 0. The van der Waals surface area contributed by atoms with E-state index in [1.807, 2.05) is 18.2 Å². The summed E-state index contributed by atoms with van der Waals surface area (Å²) in [6.45, 7) is 1.70. The number of fused-ring (bicyclic) bond motifs is 1. The molecule has 0 spiro atoms. The van der Waals surface area contributed by atoms with E-state index in [1.165, 1.54) is 18.2 Å². The molecule has 0 unspecified atom stereocenters. The van der Waals surface area contributed by atoms with Crippen molar-refractivity contribution in [2.24, 2.45) is 0 Å². The van der Waals surface area contributed by atoms with Gasteiger partial charge in [0.25, 0.3) is 10.0 Å². The highest BCUT2D eigenvalue weighted by Crippen LogP contribution is 2.32. The first kappa shape index (κ1) is 19.8. The normalized spacial score (nSPS) is 15.6. The zero-order valence-electron chi connectivity index (χ0n) is 14.6. The standard InChI is InChI=1S/C19H20FN3O2S.ClH/c20-16-6-7-18-17(12-16)19(15-8-10-21-11-9-15)22-23(18)26(24,25)13-14-4-2-1-3-5-14;/h1-7,12,15,21H,8-11,13H2;1H. The van der Waals surface area contributed by atoms with Crippen LogP contribution in [0.1, 0.15) is 30.0 Å². The van der Waals surface area contributed by atoms with Gasteiger partial charge in [0.15, 0.2) is 0 Å². The molecule has 144 valence electrons. The highest BCUT2D eigenvalue weighted by atomic mass is 35.5. The molecule has 0 radical (unpaired) electrons. The van der Waals surface area contributed by atoms with Gasteiger partial charge in [-0.3, -0.25) is 0 Å². The number of piperidine rings is 1. The molecule has 4 rings (SSSR count). The SMILES string of the molecule is Cl.O=S(=O)(Cc1ccccc1)n1nc(C2CCNCC2)c2cc(F)ccc21. The van der Waals surface area contributed by atoms with Gasteiger partial charge >= 0.3 is 0 Å². The molecule has 1 saturated heterocycles. The third-order valence-corrected chi connectivity index (χ3v) is 6.32. The smallest absolute Gasteiger partial charge is 0.258 e. The van der Waals surface area contributed by atoms with Gasteiger partial charge in [0, 0.05) is 11.3 Å². The summed E-state index contributed by atoms with van der Waals surface area (Å²) in [7, 11) is -3.70. The van der Waals surface area contributed by atoms with Gasteiger partial charge in [-0.2, -0.15) is 9.19 Å². The zero-order valence-corrected chi connectivity index (χ0v) is 16.3. The van der Waals surface area contributed by atoms with E-state index in [0.29, 0.717) is 22.2 Å². The molecule has 0 bridgehead atoms. The first-order chi connectivity index (χ1) is 12.5. The minimum Gasteiger partial charge on any atom is -0.317 e. The van der Waals surface area contributed by atoms with E-state index < -0.39 is 10.0 Å². The Morgan fingerprint density at radius 1 is 1.11 bits per heavy atom. The topological polar surface area (TPSA) is 64.0 Å². The monoisotopic (exact) mass is 409 g/mol. The first-order valence-electron chi connectivity index (χ1n) is 8.71. The maximum absolute atomic E-state index is 13.8. The summed E-state index contributed by atoms with van der Waals surface area (Å²) in [4.78, 5) is 0. The van der Waals surface area contributed by atoms with Crippen molar-refractivity contribution in [2.45, 2.75) is 24.5 Å². The number of benzene rings is 2. The molecule has 0 aliphatic carbocycles. The van der Waals surface area contributed by atoms with Crippen LogP contribution in [0.2, 0.25) is 0 Å². The van der Waals surface area contributed by atoms with E-state index in [0.717, 1.165) is 30.0 Å². The Morgan fingerprint density at radius 2 is 1.81 bits per heavy atom. The van der Waals surface area contributed by atoms with Crippen LogP contribution in [0.5, 0.6) is 0 Å². The Labute approximate surface area is 164 Å². The van der Waals surface area contributed by atoms with Crippen LogP contribution in [0.4, 0.5) is 4.39 Å². The molecule has 0 amide bonds. The quantitative estimate of drug-likeness (QED) is 0.716. The summed E-state index contributed by atoms with van der Waals surface area (Å²) in [5, 5.41) is 8.33. The number of nitrogens with zero attached hydrogens (tertiary/aromatic N) is 2. The van der Waals surface area contributed by atoms with Crippen molar-refractivity contribution in [3.8, 4) is 0 Å². The summed E-state index contributed by atoms with van der Waals surface area (Å²) < 4.78 is 40.9. The van der Waals surface area contributed by atoms with Crippen LogP contribution in [-0.2, 0) is 15.8 Å². The second kappa shape index (κ2) is 7.96. The Morgan fingerprint density at radius 3 is 2.52 bits per heavy atom. The summed E-state index contributed by atoms with van der Waals surface area (Å²) in [6.07, 6.45) is 1.72. The van der Waals surface area contributed by atoms with Crippen molar-refractivity contribution in [1.82, 2.24) is 14.5 Å². The van der Waals surface area contributed by atoms with Crippen molar-refractivity contribution in [3.05, 3.63) is 65.6 Å². The summed E-state index contributed by atoms with van der Waals surface area (Å²) >= 11 is 0. The van der Waals surface area contributed by atoms with Gasteiger partial charge in [0.2, 0.25) is 0 Å². The molecule has 1 aliphatic heterocycles. The lowest BCUT2D eigenvalue weighted by Crippen LogP contribution is -2.27. The van der Waals surface area contributed by atoms with Crippen LogP contribution in [0.25, 0.3) is 10.9 Å². The third kappa shape index (κ3) is 4.00. The average molecular weight is 410 g/mol. The highest BCUT2D eigenvalue weighted by molar-refractivity contribution is 7.89. The Hall–Kier alpha value is -1.96. The fourth-order valence-corrected chi connectivity index (χ4v) is 4.95. The molecule has 1 aliphatic rings. The van der Waals surface area contributed by atoms with Crippen molar-refractivity contribution < 1.29 is 12.8 Å². The van der Waals surface area contributed by atoms with Gasteiger partial charge in [-0.05, 0) is 49.7 Å². The van der Waals surface area contributed by atoms with Crippen molar-refractivity contribution in [2.75, 3.05) is 13.1 Å². The fraction of sp³-hybridized carbons (Fsp3) is 0.316. The first-order valence-corrected chi connectivity index (χ1v) is 10.3. The summed E-state index contributed by atoms with van der Waals surface area (Å²) in [5.74, 6) is -0.394. The molecule has 5 nitrogen and oxygen atoms in total. The number of aromatic nitrogens is 2. The largest absolute Gasteiger partial charge is 0.317 e. The predicted octanol–water partition coefficient (Wildman–Crippen LogP) is 3.44. The van der Waals surface area contributed by atoms with Gasteiger partial charge in [-0.1, -0.05) is 30.3 Å². The average Bonchev–Trinajstić information content (AvgIpc) is 3.02. The van der Waals surface area contributed by atoms with Crippen LogP contribution < -0.4 is 5.32 Å². The van der Waals surface area contributed by atoms with Gasteiger partial charge in [-0.25, -0.2) is 12.8 Å². The van der Waals surface area contributed by atoms with Crippen LogP contribution in [0.15, 0.2) is 48.5 Å². The van der Waals surface area contributed by atoms with Crippen LogP contribution in [-0.4, -0.2) is 30.7 Å². The van der Waals surface area contributed by atoms with E-state index in [-0.39, 0.29) is 29.9 Å².